The molecule has 1 N–H and O–H groups in total. The molecule has 0 aliphatic carbocycles. The Bertz CT molecular complexity index is 1090. The van der Waals surface area contributed by atoms with Gasteiger partial charge in [0.15, 0.2) is 11.5 Å². The van der Waals surface area contributed by atoms with Gasteiger partial charge in [-0.3, -0.25) is 4.79 Å². The van der Waals surface area contributed by atoms with Crippen LogP contribution < -0.4 is 14.8 Å². The van der Waals surface area contributed by atoms with Crippen molar-refractivity contribution >= 4 is 15.9 Å². The summed E-state index contributed by atoms with van der Waals surface area (Å²) in [6, 6.07) is 7.78. The number of nitrogens with zero attached hydrogens (tertiary/aromatic N) is 1. The summed E-state index contributed by atoms with van der Waals surface area (Å²) in [6.07, 6.45) is 1.45. The SMILES string of the molecule is CCCOc1ccc(CNC(=O)C2CCN(S(=O)(=O)c3cc(F)ccc3F)CC2)cc1OC. The van der Waals surface area contributed by atoms with Crippen molar-refractivity contribution in [3.8, 4) is 11.5 Å². The highest BCUT2D eigenvalue weighted by atomic mass is 32.2. The Kier molecular flexibility index (Phi) is 8.25. The molecule has 1 heterocycles. The van der Waals surface area contributed by atoms with E-state index in [-0.39, 0.29) is 44.3 Å². The molecule has 10 heteroatoms. The van der Waals surface area contributed by atoms with Gasteiger partial charge in [0.1, 0.15) is 16.5 Å². The van der Waals surface area contributed by atoms with Crippen LogP contribution in [0.3, 0.4) is 0 Å². The summed E-state index contributed by atoms with van der Waals surface area (Å²) in [6.45, 7) is 2.97. The largest absolute Gasteiger partial charge is 0.493 e. The van der Waals surface area contributed by atoms with Gasteiger partial charge in [-0.15, -0.1) is 0 Å². The average Bonchev–Trinajstić information content (AvgIpc) is 2.82. The summed E-state index contributed by atoms with van der Waals surface area (Å²) in [5, 5.41) is 2.87. The fraction of sp³-hybridized carbons (Fsp3) is 0.435. The Balaban J connectivity index is 1.56. The van der Waals surface area contributed by atoms with Crippen molar-refractivity contribution in [2.75, 3.05) is 26.8 Å². The lowest BCUT2D eigenvalue weighted by Gasteiger charge is -2.30. The van der Waals surface area contributed by atoms with Crippen LogP contribution in [0.1, 0.15) is 31.7 Å². The number of hydrogen-bond acceptors (Lipinski definition) is 5. The number of carbonyl (C=O) groups excluding carboxylic acids is 1. The molecule has 0 saturated carbocycles. The fourth-order valence-electron chi connectivity index (χ4n) is 3.66. The number of halogens is 2. The first-order valence-corrected chi connectivity index (χ1v) is 12.2. The summed E-state index contributed by atoms with van der Waals surface area (Å²) < 4.78 is 64.9. The maximum absolute atomic E-state index is 14.0. The molecular formula is C23H28F2N2O5S. The molecule has 1 aliphatic rings. The third-order valence-corrected chi connectivity index (χ3v) is 7.41. The van der Waals surface area contributed by atoms with E-state index in [1.807, 2.05) is 13.0 Å². The van der Waals surface area contributed by atoms with Crippen molar-refractivity contribution in [2.24, 2.45) is 5.92 Å². The van der Waals surface area contributed by atoms with Gasteiger partial charge in [0, 0.05) is 25.6 Å². The van der Waals surface area contributed by atoms with Gasteiger partial charge in [0.05, 0.1) is 13.7 Å². The molecule has 0 aromatic heterocycles. The zero-order valence-electron chi connectivity index (χ0n) is 18.6. The van der Waals surface area contributed by atoms with Gasteiger partial charge in [-0.25, -0.2) is 17.2 Å². The van der Waals surface area contributed by atoms with Gasteiger partial charge in [-0.2, -0.15) is 4.31 Å². The first-order valence-electron chi connectivity index (χ1n) is 10.8. The fourth-order valence-corrected chi connectivity index (χ4v) is 5.20. The molecule has 180 valence electrons. The molecule has 1 saturated heterocycles. The van der Waals surface area contributed by atoms with E-state index >= 15 is 0 Å². The first kappa shape index (κ1) is 24.9. The summed E-state index contributed by atoms with van der Waals surface area (Å²) >= 11 is 0. The Hall–Kier alpha value is -2.72. The number of piperidine rings is 1. The standard InChI is InChI=1S/C23H28F2N2O5S/c1-3-12-32-20-7-4-16(13-21(20)31-2)15-26-23(28)17-8-10-27(11-9-17)33(29,30)22-14-18(24)5-6-19(22)25/h4-7,13-14,17H,3,8-12,15H2,1-2H3,(H,26,28). The monoisotopic (exact) mass is 482 g/mol. The number of carbonyl (C=O) groups is 1. The van der Waals surface area contributed by atoms with Gasteiger partial charge in [-0.1, -0.05) is 13.0 Å². The summed E-state index contributed by atoms with van der Waals surface area (Å²) in [5.41, 5.74) is 0.839. The minimum Gasteiger partial charge on any atom is -0.493 e. The van der Waals surface area contributed by atoms with Crippen molar-refractivity contribution in [1.82, 2.24) is 9.62 Å². The topological polar surface area (TPSA) is 84.9 Å². The zero-order chi connectivity index (χ0) is 24.0. The highest BCUT2D eigenvalue weighted by Crippen LogP contribution is 2.29. The lowest BCUT2D eigenvalue weighted by molar-refractivity contribution is -0.126. The molecule has 0 unspecified atom stereocenters. The molecule has 0 spiro atoms. The quantitative estimate of drug-likeness (QED) is 0.592. The molecular weight excluding hydrogens is 454 g/mol. The van der Waals surface area contributed by atoms with E-state index in [1.54, 1.807) is 19.2 Å². The molecule has 1 aliphatic heterocycles. The van der Waals surface area contributed by atoms with Gasteiger partial charge in [0.2, 0.25) is 15.9 Å². The Morgan fingerprint density at radius 1 is 1.12 bits per heavy atom. The number of amides is 1. The maximum Gasteiger partial charge on any atom is 0.246 e. The van der Waals surface area contributed by atoms with E-state index in [9.17, 15) is 22.0 Å². The van der Waals surface area contributed by atoms with Crippen LogP contribution in [0, 0.1) is 17.6 Å². The van der Waals surface area contributed by atoms with Gasteiger partial charge in [-0.05, 0) is 55.2 Å². The van der Waals surface area contributed by atoms with Crippen molar-refractivity contribution in [3.63, 3.8) is 0 Å². The molecule has 3 rings (SSSR count). The second-order valence-corrected chi connectivity index (χ2v) is 9.71. The van der Waals surface area contributed by atoms with Crippen LogP contribution in [-0.4, -0.2) is 45.4 Å². The average molecular weight is 483 g/mol. The number of sulfonamides is 1. The van der Waals surface area contributed by atoms with Crippen molar-refractivity contribution < 1.29 is 31.5 Å². The van der Waals surface area contributed by atoms with Crippen LogP contribution in [0.25, 0.3) is 0 Å². The molecule has 7 nitrogen and oxygen atoms in total. The highest BCUT2D eigenvalue weighted by molar-refractivity contribution is 7.89. The Morgan fingerprint density at radius 2 is 1.85 bits per heavy atom. The second-order valence-electron chi connectivity index (χ2n) is 7.80. The van der Waals surface area contributed by atoms with Crippen molar-refractivity contribution in [1.29, 1.82) is 0 Å². The summed E-state index contributed by atoms with van der Waals surface area (Å²) in [5.74, 6) is -1.17. The van der Waals surface area contributed by atoms with E-state index in [0.717, 1.165) is 28.4 Å². The third-order valence-electron chi connectivity index (χ3n) is 5.49. The van der Waals surface area contributed by atoms with Crippen LogP contribution in [0.15, 0.2) is 41.3 Å². The molecule has 2 aromatic carbocycles. The normalized spacial score (nSPS) is 15.3. The summed E-state index contributed by atoms with van der Waals surface area (Å²) in [7, 11) is -2.63. The van der Waals surface area contributed by atoms with E-state index in [1.165, 1.54) is 0 Å². The zero-order valence-corrected chi connectivity index (χ0v) is 19.5. The maximum atomic E-state index is 14.0. The molecule has 2 aromatic rings. The summed E-state index contributed by atoms with van der Waals surface area (Å²) in [4.78, 5) is 11.9. The molecule has 0 radical (unpaired) electrons. The van der Waals surface area contributed by atoms with Gasteiger partial charge in [0.25, 0.3) is 0 Å². The molecule has 1 amide bonds. The third kappa shape index (κ3) is 6.00. The van der Waals surface area contributed by atoms with Gasteiger partial charge >= 0.3 is 0 Å². The van der Waals surface area contributed by atoms with Crippen LogP contribution in [0.5, 0.6) is 11.5 Å². The minimum atomic E-state index is -4.18. The minimum absolute atomic E-state index is 0.0493. The smallest absolute Gasteiger partial charge is 0.246 e. The number of hydrogen-bond donors (Lipinski definition) is 1. The molecule has 0 bridgehead atoms. The van der Waals surface area contributed by atoms with Crippen molar-refractivity contribution in [3.05, 3.63) is 53.6 Å². The van der Waals surface area contributed by atoms with E-state index < -0.39 is 26.6 Å². The van der Waals surface area contributed by atoms with Crippen LogP contribution in [0.4, 0.5) is 8.78 Å². The van der Waals surface area contributed by atoms with Crippen LogP contribution >= 0.6 is 0 Å². The molecule has 0 atom stereocenters. The number of ether oxygens (including phenoxy) is 2. The molecule has 1 fully saturated rings. The van der Waals surface area contributed by atoms with Gasteiger partial charge < -0.3 is 14.8 Å². The number of benzene rings is 2. The number of rotatable bonds is 9. The number of nitrogens with one attached hydrogen (secondary N) is 1. The number of methoxy groups -OCH3 is 1. The Morgan fingerprint density at radius 3 is 2.52 bits per heavy atom. The van der Waals surface area contributed by atoms with E-state index in [2.05, 4.69) is 5.32 Å². The van der Waals surface area contributed by atoms with E-state index in [0.29, 0.717) is 24.2 Å². The molecule has 33 heavy (non-hydrogen) atoms. The van der Waals surface area contributed by atoms with E-state index in [4.69, 9.17) is 9.47 Å². The van der Waals surface area contributed by atoms with Crippen LogP contribution in [-0.2, 0) is 21.4 Å². The lowest BCUT2D eigenvalue weighted by atomic mass is 9.97. The lowest BCUT2D eigenvalue weighted by Crippen LogP contribution is -2.43. The Labute approximate surface area is 192 Å². The first-order chi connectivity index (χ1) is 15.8. The predicted octanol–water partition coefficient (Wildman–Crippen LogP) is 3.48. The van der Waals surface area contributed by atoms with Crippen LogP contribution in [0.2, 0.25) is 0 Å². The second kappa shape index (κ2) is 10.9. The van der Waals surface area contributed by atoms with Crippen molar-refractivity contribution in [2.45, 2.75) is 37.6 Å². The highest BCUT2D eigenvalue weighted by Gasteiger charge is 2.33. The predicted molar refractivity (Wildman–Crippen MR) is 118 cm³/mol.